The van der Waals surface area contributed by atoms with Crippen molar-refractivity contribution in [3.63, 3.8) is 0 Å². The van der Waals surface area contributed by atoms with Crippen molar-refractivity contribution in [3.8, 4) is 0 Å². The highest BCUT2D eigenvalue weighted by atomic mass is 31.2. The van der Waals surface area contributed by atoms with Gasteiger partial charge in [-0.05, 0) is 19.2 Å². The molecule has 0 amide bonds. The number of hydrogen-bond acceptors (Lipinski definition) is 3. The van der Waals surface area contributed by atoms with E-state index in [0.29, 0.717) is 0 Å². The molecule has 3 N–H and O–H groups in total. The number of hydrogen-bond donors (Lipinski definition) is 3. The van der Waals surface area contributed by atoms with Gasteiger partial charge in [0, 0.05) is 5.30 Å². The Morgan fingerprint density at radius 3 is 2.06 bits per heavy atom. The number of benzene rings is 1. The second-order valence-corrected chi connectivity index (χ2v) is 7.66. The van der Waals surface area contributed by atoms with Crippen LogP contribution in [0.3, 0.4) is 0 Å². The Labute approximate surface area is 99.5 Å². The van der Waals surface area contributed by atoms with Gasteiger partial charge in [-0.25, -0.2) is 0 Å². The Kier molecular flexibility index (Phi) is 4.67. The zero-order valence-electron chi connectivity index (χ0n) is 9.30. The molecule has 96 valence electrons. The van der Waals surface area contributed by atoms with Crippen LogP contribution in [-0.2, 0) is 9.13 Å². The van der Waals surface area contributed by atoms with E-state index in [4.69, 9.17) is 9.79 Å². The van der Waals surface area contributed by atoms with Crippen LogP contribution < -0.4 is 5.30 Å². The van der Waals surface area contributed by atoms with Gasteiger partial charge >= 0.3 is 7.60 Å². The Morgan fingerprint density at radius 1 is 1.06 bits per heavy atom. The first-order valence-electron chi connectivity index (χ1n) is 4.81. The van der Waals surface area contributed by atoms with Gasteiger partial charge in [-0.3, -0.25) is 14.0 Å². The summed E-state index contributed by atoms with van der Waals surface area (Å²) in [5.74, 6) is 0. The fourth-order valence-corrected chi connectivity index (χ4v) is 3.87. The highest BCUT2D eigenvalue weighted by Crippen LogP contribution is 2.42. The van der Waals surface area contributed by atoms with Crippen LogP contribution >= 0.6 is 15.0 Å². The van der Waals surface area contributed by atoms with Gasteiger partial charge in [0.1, 0.15) is 6.29 Å². The SMILES string of the molecule is CN(CP(=O)(O)O)CP(=O)(O)c1ccccc1. The average Bonchev–Trinajstić information content (AvgIpc) is 2.15. The molecule has 1 aromatic rings. The monoisotopic (exact) mass is 279 g/mol. The summed E-state index contributed by atoms with van der Waals surface area (Å²) in [4.78, 5) is 28.5. The molecule has 0 saturated carbocycles. The van der Waals surface area contributed by atoms with E-state index >= 15 is 0 Å². The van der Waals surface area contributed by atoms with Crippen molar-refractivity contribution in [2.45, 2.75) is 0 Å². The second kappa shape index (κ2) is 5.44. The van der Waals surface area contributed by atoms with Crippen molar-refractivity contribution in [3.05, 3.63) is 30.3 Å². The summed E-state index contributed by atoms with van der Waals surface area (Å²) < 4.78 is 22.7. The van der Waals surface area contributed by atoms with E-state index in [-0.39, 0.29) is 11.6 Å². The summed E-state index contributed by atoms with van der Waals surface area (Å²) in [7, 11) is -6.42. The molecule has 1 unspecified atom stereocenters. The second-order valence-electron chi connectivity index (χ2n) is 3.84. The third-order valence-corrected chi connectivity index (χ3v) is 4.84. The third-order valence-electron chi connectivity index (χ3n) is 2.02. The molecule has 6 nitrogen and oxygen atoms in total. The van der Waals surface area contributed by atoms with Crippen LogP contribution in [-0.4, -0.2) is 39.2 Å². The molecule has 0 fully saturated rings. The quantitative estimate of drug-likeness (QED) is 0.683. The van der Waals surface area contributed by atoms with Crippen LogP contribution in [0.15, 0.2) is 30.3 Å². The van der Waals surface area contributed by atoms with E-state index in [1.165, 1.54) is 19.2 Å². The standard InChI is InChI=1S/C9H15NO5P2/c1-10(8-17(13,14)15)7-16(11,12)9-5-3-2-4-6-9/h2-6H,7-8H2,1H3,(H,11,12)(H2,13,14,15). The molecule has 0 saturated heterocycles. The number of rotatable bonds is 5. The average molecular weight is 279 g/mol. The Morgan fingerprint density at radius 2 is 1.59 bits per heavy atom. The van der Waals surface area contributed by atoms with E-state index in [2.05, 4.69) is 0 Å². The predicted octanol–water partition coefficient (Wildman–Crippen LogP) is 0.607. The van der Waals surface area contributed by atoms with E-state index < -0.39 is 21.3 Å². The van der Waals surface area contributed by atoms with Crippen LogP contribution in [0.1, 0.15) is 0 Å². The molecule has 0 spiro atoms. The lowest BCUT2D eigenvalue weighted by Crippen LogP contribution is -2.24. The Balaban J connectivity index is 2.74. The summed E-state index contributed by atoms with van der Waals surface area (Å²) in [6.45, 7) is 0. The summed E-state index contributed by atoms with van der Waals surface area (Å²) in [5.41, 5.74) is 0. The lowest BCUT2D eigenvalue weighted by molar-refractivity contribution is 0.327. The summed E-state index contributed by atoms with van der Waals surface area (Å²) >= 11 is 0. The van der Waals surface area contributed by atoms with E-state index in [0.717, 1.165) is 4.90 Å². The van der Waals surface area contributed by atoms with E-state index in [9.17, 15) is 14.0 Å². The molecule has 0 aliphatic heterocycles. The maximum absolute atomic E-state index is 12.0. The molecule has 0 aromatic heterocycles. The molecule has 1 aromatic carbocycles. The molecule has 8 heteroatoms. The largest absolute Gasteiger partial charge is 0.340 e. The van der Waals surface area contributed by atoms with Crippen LogP contribution in [0.25, 0.3) is 0 Å². The minimum absolute atomic E-state index is 0.276. The van der Waals surface area contributed by atoms with Crippen LogP contribution in [0.2, 0.25) is 0 Å². The van der Waals surface area contributed by atoms with E-state index in [1.54, 1.807) is 18.2 Å². The topological polar surface area (TPSA) is 98.1 Å². The zero-order chi connectivity index (χ0) is 13.1. The zero-order valence-corrected chi connectivity index (χ0v) is 11.1. The summed E-state index contributed by atoms with van der Waals surface area (Å²) in [6, 6.07) is 8.05. The summed E-state index contributed by atoms with van der Waals surface area (Å²) in [5, 5.41) is 0.276. The van der Waals surface area contributed by atoms with Crippen molar-refractivity contribution in [1.29, 1.82) is 0 Å². The smallest absolute Gasteiger partial charge is 0.339 e. The molecule has 17 heavy (non-hydrogen) atoms. The van der Waals surface area contributed by atoms with Crippen molar-refractivity contribution in [2.24, 2.45) is 0 Å². The highest BCUT2D eigenvalue weighted by molar-refractivity contribution is 7.66. The molecule has 0 aliphatic rings. The normalized spacial score (nSPS) is 15.8. The van der Waals surface area contributed by atoms with Crippen LogP contribution in [0.5, 0.6) is 0 Å². The van der Waals surface area contributed by atoms with E-state index in [1.807, 2.05) is 0 Å². The van der Waals surface area contributed by atoms with Crippen molar-refractivity contribution in [2.75, 3.05) is 19.6 Å². The first kappa shape index (κ1) is 14.6. The minimum Gasteiger partial charge on any atom is -0.340 e. The molecule has 0 aliphatic carbocycles. The maximum atomic E-state index is 12.0. The fourth-order valence-electron chi connectivity index (χ4n) is 1.43. The van der Waals surface area contributed by atoms with Crippen LogP contribution in [0, 0.1) is 0 Å². The van der Waals surface area contributed by atoms with Gasteiger partial charge in [0.05, 0.1) is 6.29 Å². The van der Waals surface area contributed by atoms with Crippen molar-refractivity contribution in [1.82, 2.24) is 4.90 Å². The molecule has 0 bridgehead atoms. The van der Waals surface area contributed by atoms with Crippen molar-refractivity contribution >= 4 is 20.3 Å². The Hall–Kier alpha value is -0.480. The van der Waals surface area contributed by atoms with Gasteiger partial charge < -0.3 is 14.7 Å². The van der Waals surface area contributed by atoms with Gasteiger partial charge in [-0.15, -0.1) is 0 Å². The number of nitrogens with zero attached hydrogens (tertiary/aromatic N) is 1. The Bertz CT molecular complexity index is 458. The maximum Gasteiger partial charge on any atom is 0.339 e. The lowest BCUT2D eigenvalue weighted by Gasteiger charge is -2.20. The molecular formula is C9H15NO5P2. The van der Waals surface area contributed by atoms with Gasteiger partial charge in [0.15, 0.2) is 0 Å². The van der Waals surface area contributed by atoms with Gasteiger partial charge in [-0.1, -0.05) is 18.2 Å². The summed E-state index contributed by atoms with van der Waals surface area (Å²) in [6.07, 6.45) is -0.827. The molecule has 1 rings (SSSR count). The predicted molar refractivity (Wildman–Crippen MR) is 65.4 cm³/mol. The minimum atomic E-state index is -4.21. The lowest BCUT2D eigenvalue weighted by atomic mass is 10.4. The van der Waals surface area contributed by atoms with Gasteiger partial charge in [0.25, 0.3) is 0 Å². The molecule has 0 heterocycles. The molecule has 0 radical (unpaired) electrons. The molecular weight excluding hydrogens is 264 g/mol. The highest BCUT2D eigenvalue weighted by Gasteiger charge is 2.26. The molecule has 1 atom stereocenters. The van der Waals surface area contributed by atoms with Gasteiger partial charge in [0.2, 0.25) is 7.37 Å². The van der Waals surface area contributed by atoms with Gasteiger partial charge in [-0.2, -0.15) is 0 Å². The first-order valence-corrected chi connectivity index (χ1v) is 8.45. The van der Waals surface area contributed by atoms with Crippen LogP contribution in [0.4, 0.5) is 0 Å². The first-order chi connectivity index (χ1) is 7.71. The van der Waals surface area contributed by atoms with Crippen molar-refractivity contribution < 1.29 is 23.8 Å². The third kappa shape index (κ3) is 5.13. The fraction of sp³-hybridized carbons (Fsp3) is 0.333.